The summed E-state index contributed by atoms with van der Waals surface area (Å²) in [5, 5.41) is 0. The third kappa shape index (κ3) is 3.09. The highest BCUT2D eigenvalue weighted by Crippen LogP contribution is 2.18. The van der Waals surface area contributed by atoms with E-state index in [1.807, 2.05) is 6.20 Å². The van der Waals surface area contributed by atoms with E-state index < -0.39 is 0 Å². The molecule has 1 rings (SSSR count). The summed E-state index contributed by atoms with van der Waals surface area (Å²) in [5.74, 6) is 0.516. The van der Waals surface area contributed by atoms with Gasteiger partial charge in [0, 0.05) is 25.4 Å². The van der Waals surface area contributed by atoms with Gasteiger partial charge >= 0.3 is 5.97 Å². The molecule has 0 amide bonds. The maximum atomic E-state index is 10.8. The molecule has 0 aliphatic carbocycles. The normalized spacial score (nSPS) is 22.6. The lowest BCUT2D eigenvalue weighted by Crippen LogP contribution is -2.13. The molecule has 13 heavy (non-hydrogen) atoms. The molecule has 0 bridgehead atoms. The zero-order valence-corrected chi connectivity index (χ0v) is 8.32. The second kappa shape index (κ2) is 4.90. The molecule has 1 aliphatic rings. The third-order valence-corrected chi connectivity index (χ3v) is 2.52. The van der Waals surface area contributed by atoms with E-state index in [1.165, 1.54) is 26.0 Å². The van der Waals surface area contributed by atoms with Gasteiger partial charge in [-0.15, -0.1) is 0 Å². The molecule has 3 heteroatoms. The Morgan fingerprint density at radius 2 is 2.46 bits per heavy atom. The molecule has 1 heterocycles. The van der Waals surface area contributed by atoms with Crippen LogP contribution >= 0.6 is 0 Å². The van der Waals surface area contributed by atoms with Gasteiger partial charge in [0.1, 0.15) is 0 Å². The van der Waals surface area contributed by atoms with E-state index >= 15 is 0 Å². The van der Waals surface area contributed by atoms with Gasteiger partial charge in [-0.3, -0.25) is 0 Å². The molecule has 3 nitrogen and oxygen atoms in total. The summed E-state index contributed by atoms with van der Waals surface area (Å²) in [7, 11) is 1.39. The van der Waals surface area contributed by atoms with E-state index in [4.69, 9.17) is 0 Å². The van der Waals surface area contributed by atoms with Gasteiger partial charge in [0.05, 0.1) is 7.11 Å². The van der Waals surface area contributed by atoms with Gasteiger partial charge in [0.15, 0.2) is 0 Å². The predicted molar refractivity (Wildman–Crippen MR) is 51.1 cm³/mol. The van der Waals surface area contributed by atoms with Crippen molar-refractivity contribution in [3.8, 4) is 0 Å². The van der Waals surface area contributed by atoms with Crippen molar-refractivity contribution in [2.75, 3.05) is 20.2 Å². The van der Waals surface area contributed by atoms with Crippen molar-refractivity contribution in [2.45, 2.75) is 19.8 Å². The second-order valence-electron chi connectivity index (χ2n) is 3.40. The Morgan fingerprint density at radius 3 is 3.00 bits per heavy atom. The van der Waals surface area contributed by atoms with Gasteiger partial charge in [-0.2, -0.15) is 0 Å². The summed E-state index contributed by atoms with van der Waals surface area (Å²) in [5.41, 5.74) is 0. The molecule has 0 aromatic heterocycles. The van der Waals surface area contributed by atoms with E-state index in [0.717, 1.165) is 19.0 Å². The Morgan fingerprint density at radius 1 is 1.69 bits per heavy atom. The summed E-state index contributed by atoms with van der Waals surface area (Å²) in [6.45, 7) is 4.34. The van der Waals surface area contributed by atoms with Crippen LogP contribution in [-0.4, -0.2) is 31.1 Å². The quantitative estimate of drug-likeness (QED) is 0.489. The first-order valence-corrected chi connectivity index (χ1v) is 4.76. The molecule has 1 aliphatic heterocycles. The molecule has 1 unspecified atom stereocenters. The van der Waals surface area contributed by atoms with E-state index in [2.05, 4.69) is 16.6 Å². The minimum Gasteiger partial charge on any atom is -0.466 e. The van der Waals surface area contributed by atoms with Crippen molar-refractivity contribution in [3.63, 3.8) is 0 Å². The van der Waals surface area contributed by atoms with E-state index in [1.54, 1.807) is 0 Å². The lowest BCUT2D eigenvalue weighted by atomic mass is 10.1. The number of carbonyl (C=O) groups is 1. The largest absolute Gasteiger partial charge is 0.466 e. The Bertz CT molecular complexity index is 201. The summed E-state index contributed by atoms with van der Waals surface area (Å²) in [6, 6.07) is 0. The predicted octanol–water partition coefficient (Wildman–Crippen LogP) is 1.41. The fraction of sp³-hybridized carbons (Fsp3) is 0.700. The molecule has 1 saturated heterocycles. The van der Waals surface area contributed by atoms with Crippen LogP contribution in [0.15, 0.2) is 12.3 Å². The van der Waals surface area contributed by atoms with E-state index in [0.29, 0.717) is 0 Å². The van der Waals surface area contributed by atoms with Crippen molar-refractivity contribution in [2.24, 2.45) is 5.92 Å². The van der Waals surface area contributed by atoms with Crippen LogP contribution in [0.25, 0.3) is 0 Å². The van der Waals surface area contributed by atoms with Gasteiger partial charge in [-0.25, -0.2) is 4.79 Å². The molecular formula is C10H17NO2. The fourth-order valence-electron chi connectivity index (χ4n) is 1.57. The van der Waals surface area contributed by atoms with Crippen LogP contribution in [0, 0.1) is 5.92 Å². The highest BCUT2D eigenvalue weighted by molar-refractivity contribution is 5.81. The van der Waals surface area contributed by atoms with Gasteiger partial charge < -0.3 is 9.64 Å². The molecule has 0 N–H and O–H groups in total. The summed E-state index contributed by atoms with van der Waals surface area (Å²) in [4.78, 5) is 13.0. The number of esters is 1. The van der Waals surface area contributed by atoms with Crippen LogP contribution in [0.3, 0.4) is 0 Å². The van der Waals surface area contributed by atoms with Crippen LogP contribution in [-0.2, 0) is 9.53 Å². The fourth-order valence-corrected chi connectivity index (χ4v) is 1.57. The zero-order valence-electron chi connectivity index (χ0n) is 8.32. The van der Waals surface area contributed by atoms with Crippen molar-refractivity contribution >= 4 is 5.97 Å². The average molecular weight is 183 g/mol. The maximum absolute atomic E-state index is 10.8. The van der Waals surface area contributed by atoms with Gasteiger partial charge in [-0.05, 0) is 12.3 Å². The first-order chi connectivity index (χ1) is 6.26. The van der Waals surface area contributed by atoms with Crippen LogP contribution in [0.5, 0.6) is 0 Å². The second-order valence-corrected chi connectivity index (χ2v) is 3.40. The molecule has 0 saturated carbocycles. The van der Waals surface area contributed by atoms with Crippen molar-refractivity contribution in [1.29, 1.82) is 0 Å². The lowest BCUT2D eigenvalue weighted by molar-refractivity contribution is -0.134. The SMILES string of the molecule is CCC1CCN(/C=C/C(=O)OC)C1. The van der Waals surface area contributed by atoms with E-state index in [9.17, 15) is 4.79 Å². The number of carbonyl (C=O) groups excluding carboxylic acids is 1. The number of likely N-dealkylation sites (tertiary alicyclic amines) is 1. The third-order valence-electron chi connectivity index (χ3n) is 2.52. The highest BCUT2D eigenvalue weighted by Gasteiger charge is 2.17. The monoisotopic (exact) mass is 183 g/mol. The molecule has 0 aromatic rings. The Hall–Kier alpha value is -0.990. The first-order valence-electron chi connectivity index (χ1n) is 4.76. The molecule has 1 fully saturated rings. The molecule has 0 radical (unpaired) electrons. The highest BCUT2D eigenvalue weighted by atomic mass is 16.5. The van der Waals surface area contributed by atoms with Gasteiger partial charge in [0.2, 0.25) is 0 Å². The number of methoxy groups -OCH3 is 1. The molecule has 1 atom stereocenters. The number of rotatable bonds is 3. The molecular weight excluding hydrogens is 166 g/mol. The lowest BCUT2D eigenvalue weighted by Gasteiger charge is -2.11. The number of hydrogen-bond acceptors (Lipinski definition) is 3. The standard InChI is InChI=1S/C10H17NO2/c1-3-9-4-6-11(8-9)7-5-10(12)13-2/h5,7,9H,3-4,6,8H2,1-2H3/b7-5+. The first kappa shape index (κ1) is 10.1. The van der Waals surface area contributed by atoms with Crippen LogP contribution in [0.2, 0.25) is 0 Å². The zero-order chi connectivity index (χ0) is 9.68. The molecule has 0 aromatic carbocycles. The topological polar surface area (TPSA) is 29.5 Å². The average Bonchev–Trinajstić information content (AvgIpc) is 2.61. The van der Waals surface area contributed by atoms with Gasteiger partial charge in [-0.1, -0.05) is 13.3 Å². The van der Waals surface area contributed by atoms with Crippen molar-refractivity contribution < 1.29 is 9.53 Å². The van der Waals surface area contributed by atoms with E-state index in [-0.39, 0.29) is 5.97 Å². The summed E-state index contributed by atoms with van der Waals surface area (Å²) in [6.07, 6.45) is 5.78. The van der Waals surface area contributed by atoms with Gasteiger partial charge in [0.25, 0.3) is 0 Å². The summed E-state index contributed by atoms with van der Waals surface area (Å²) >= 11 is 0. The summed E-state index contributed by atoms with van der Waals surface area (Å²) < 4.78 is 4.51. The van der Waals surface area contributed by atoms with Crippen molar-refractivity contribution in [1.82, 2.24) is 4.90 Å². The minimum absolute atomic E-state index is 0.278. The van der Waals surface area contributed by atoms with Crippen LogP contribution < -0.4 is 0 Å². The Kier molecular flexibility index (Phi) is 3.80. The minimum atomic E-state index is -0.278. The van der Waals surface area contributed by atoms with Crippen molar-refractivity contribution in [3.05, 3.63) is 12.3 Å². The smallest absolute Gasteiger partial charge is 0.331 e. The Balaban J connectivity index is 2.31. The molecule has 0 spiro atoms. The number of ether oxygens (including phenoxy) is 1. The number of nitrogens with zero attached hydrogens (tertiary/aromatic N) is 1. The van der Waals surface area contributed by atoms with Crippen LogP contribution in [0.1, 0.15) is 19.8 Å². The maximum Gasteiger partial charge on any atom is 0.331 e. The number of hydrogen-bond donors (Lipinski definition) is 0. The Labute approximate surface area is 79.4 Å². The van der Waals surface area contributed by atoms with Crippen LogP contribution in [0.4, 0.5) is 0 Å². The molecule has 74 valence electrons.